The van der Waals surface area contributed by atoms with E-state index in [1.54, 1.807) is 0 Å². The van der Waals surface area contributed by atoms with Crippen molar-refractivity contribution in [2.75, 3.05) is 13.6 Å². The topological polar surface area (TPSA) is 66.0 Å². The summed E-state index contributed by atoms with van der Waals surface area (Å²) in [6.45, 7) is 5.98. The van der Waals surface area contributed by atoms with Gasteiger partial charge in [0, 0.05) is 36.2 Å². The summed E-state index contributed by atoms with van der Waals surface area (Å²) in [4.78, 5) is 7.11. The summed E-state index contributed by atoms with van der Waals surface area (Å²) in [5, 5.41) is 9.01. The van der Waals surface area contributed by atoms with Crippen molar-refractivity contribution >= 4 is 16.7 Å². The monoisotopic (exact) mass is 268 g/mol. The molecule has 3 rings (SSSR count). The van der Waals surface area contributed by atoms with Gasteiger partial charge in [0.2, 0.25) is 0 Å². The highest BCUT2D eigenvalue weighted by molar-refractivity contribution is 6.09. The summed E-state index contributed by atoms with van der Waals surface area (Å²) in [6, 6.07) is 4.24. The second-order valence-electron chi connectivity index (χ2n) is 5.79. The van der Waals surface area contributed by atoms with Gasteiger partial charge in [-0.05, 0) is 38.1 Å². The predicted molar refractivity (Wildman–Crippen MR) is 82.3 cm³/mol. The van der Waals surface area contributed by atoms with Crippen molar-refractivity contribution in [3.63, 3.8) is 0 Å². The van der Waals surface area contributed by atoms with Gasteiger partial charge in [-0.15, -0.1) is 0 Å². The van der Waals surface area contributed by atoms with Crippen molar-refractivity contribution in [3.05, 3.63) is 40.1 Å². The summed E-state index contributed by atoms with van der Waals surface area (Å²) in [5.41, 5.74) is 12.3. The van der Waals surface area contributed by atoms with Crippen molar-refractivity contribution in [3.8, 4) is 0 Å². The number of rotatable bonds is 1. The van der Waals surface area contributed by atoms with E-state index in [1.807, 2.05) is 0 Å². The van der Waals surface area contributed by atoms with Crippen molar-refractivity contribution in [1.82, 2.24) is 9.88 Å². The zero-order chi connectivity index (χ0) is 14.4. The third-order valence-corrected chi connectivity index (χ3v) is 4.04. The van der Waals surface area contributed by atoms with E-state index in [1.165, 1.54) is 5.56 Å². The molecule has 0 spiro atoms. The summed E-state index contributed by atoms with van der Waals surface area (Å²) in [5.74, 6) is 0.147. The van der Waals surface area contributed by atoms with Crippen LogP contribution in [0.15, 0.2) is 12.1 Å². The standard InChI is InChI=1S/C16H20N4/c1-9-6-10(2)15-11(7-9)14(16(17)18)12-8-20(3)5-4-13(12)19-15/h6-7H,4-5,8H2,1-3H3,(H3,17,18). The number of pyridine rings is 1. The number of nitrogens with zero attached hydrogens (tertiary/aromatic N) is 2. The molecule has 1 aromatic carbocycles. The van der Waals surface area contributed by atoms with E-state index in [0.29, 0.717) is 0 Å². The molecule has 0 unspecified atom stereocenters. The molecule has 1 aromatic heterocycles. The van der Waals surface area contributed by atoms with Crippen LogP contribution >= 0.6 is 0 Å². The lowest BCUT2D eigenvalue weighted by Gasteiger charge is -2.27. The van der Waals surface area contributed by atoms with Crippen LogP contribution in [0.25, 0.3) is 10.9 Å². The van der Waals surface area contributed by atoms with E-state index < -0.39 is 0 Å². The summed E-state index contributed by atoms with van der Waals surface area (Å²) in [7, 11) is 2.10. The van der Waals surface area contributed by atoms with Crippen molar-refractivity contribution in [1.29, 1.82) is 5.41 Å². The Morgan fingerprint density at radius 3 is 2.80 bits per heavy atom. The molecular formula is C16H20N4. The van der Waals surface area contributed by atoms with Crippen LogP contribution in [0.2, 0.25) is 0 Å². The Labute approximate surface area is 119 Å². The number of aryl methyl sites for hydroxylation is 2. The molecule has 1 aliphatic rings. The Morgan fingerprint density at radius 2 is 2.10 bits per heavy atom. The lowest BCUT2D eigenvalue weighted by molar-refractivity contribution is 0.310. The molecule has 4 nitrogen and oxygen atoms in total. The molecule has 0 bridgehead atoms. The molecule has 0 atom stereocenters. The Bertz CT molecular complexity index is 718. The number of nitrogen functional groups attached to an aromatic ring is 1. The number of nitrogens with one attached hydrogen (secondary N) is 1. The number of amidine groups is 1. The molecule has 0 radical (unpaired) electrons. The SMILES string of the molecule is Cc1cc(C)c2nc3c(c(C(=N)N)c2c1)CN(C)CC3. The van der Waals surface area contributed by atoms with Crippen LogP contribution in [0.1, 0.15) is 27.9 Å². The van der Waals surface area contributed by atoms with Crippen LogP contribution in [-0.2, 0) is 13.0 Å². The predicted octanol–water partition coefficient (Wildman–Crippen LogP) is 2.12. The fourth-order valence-corrected chi connectivity index (χ4v) is 3.14. The van der Waals surface area contributed by atoms with Gasteiger partial charge in [-0.2, -0.15) is 0 Å². The van der Waals surface area contributed by atoms with Crippen molar-refractivity contribution < 1.29 is 0 Å². The van der Waals surface area contributed by atoms with Crippen LogP contribution in [0.5, 0.6) is 0 Å². The van der Waals surface area contributed by atoms with Crippen LogP contribution in [0, 0.1) is 19.3 Å². The van der Waals surface area contributed by atoms with Crippen molar-refractivity contribution in [2.45, 2.75) is 26.8 Å². The summed E-state index contributed by atoms with van der Waals surface area (Å²) >= 11 is 0. The first kappa shape index (κ1) is 13.1. The molecule has 0 aliphatic carbocycles. The van der Waals surface area contributed by atoms with Gasteiger partial charge in [-0.3, -0.25) is 10.4 Å². The number of benzene rings is 1. The minimum atomic E-state index is 0.147. The molecule has 2 heterocycles. The van der Waals surface area contributed by atoms with Gasteiger partial charge in [0.25, 0.3) is 0 Å². The van der Waals surface area contributed by atoms with Crippen LogP contribution < -0.4 is 5.73 Å². The maximum Gasteiger partial charge on any atom is 0.123 e. The minimum Gasteiger partial charge on any atom is -0.384 e. The Balaban J connectivity index is 2.42. The second-order valence-corrected chi connectivity index (χ2v) is 5.79. The number of hydrogen-bond donors (Lipinski definition) is 2. The van der Waals surface area contributed by atoms with Crippen LogP contribution in [0.4, 0.5) is 0 Å². The first-order valence-corrected chi connectivity index (χ1v) is 6.93. The molecule has 0 saturated heterocycles. The van der Waals surface area contributed by atoms with E-state index in [4.69, 9.17) is 16.1 Å². The Morgan fingerprint density at radius 1 is 1.35 bits per heavy atom. The molecule has 20 heavy (non-hydrogen) atoms. The van der Waals surface area contributed by atoms with E-state index in [2.05, 4.69) is 37.9 Å². The lowest BCUT2D eigenvalue weighted by Crippen LogP contribution is -2.30. The lowest BCUT2D eigenvalue weighted by atomic mass is 9.93. The summed E-state index contributed by atoms with van der Waals surface area (Å²) in [6.07, 6.45) is 0.926. The normalized spacial score (nSPS) is 15.3. The van der Waals surface area contributed by atoms with Gasteiger partial charge in [0.15, 0.2) is 0 Å². The van der Waals surface area contributed by atoms with E-state index in [0.717, 1.165) is 52.8 Å². The Hall–Kier alpha value is -1.94. The molecule has 3 N–H and O–H groups in total. The molecular weight excluding hydrogens is 248 g/mol. The van der Waals surface area contributed by atoms with Crippen LogP contribution in [-0.4, -0.2) is 29.3 Å². The molecule has 4 heteroatoms. The fraction of sp³-hybridized carbons (Fsp3) is 0.375. The largest absolute Gasteiger partial charge is 0.384 e. The average molecular weight is 268 g/mol. The molecule has 1 aliphatic heterocycles. The average Bonchev–Trinajstić information content (AvgIpc) is 2.36. The first-order chi connectivity index (χ1) is 9.47. The third kappa shape index (κ3) is 1.96. The molecule has 0 saturated carbocycles. The minimum absolute atomic E-state index is 0.147. The van der Waals surface area contributed by atoms with Gasteiger partial charge < -0.3 is 10.6 Å². The van der Waals surface area contributed by atoms with E-state index >= 15 is 0 Å². The number of nitrogens with two attached hydrogens (primary N) is 1. The maximum absolute atomic E-state index is 8.00. The number of aromatic nitrogens is 1. The quantitative estimate of drug-likeness (QED) is 0.615. The number of likely N-dealkylation sites (N-methyl/N-ethyl adjacent to an activating group) is 1. The summed E-state index contributed by atoms with van der Waals surface area (Å²) < 4.78 is 0. The highest BCUT2D eigenvalue weighted by Gasteiger charge is 2.22. The number of fused-ring (bicyclic) bond motifs is 2. The first-order valence-electron chi connectivity index (χ1n) is 6.93. The number of hydrogen-bond acceptors (Lipinski definition) is 3. The maximum atomic E-state index is 8.00. The highest BCUT2D eigenvalue weighted by Crippen LogP contribution is 2.29. The highest BCUT2D eigenvalue weighted by atomic mass is 15.1. The second kappa shape index (κ2) is 4.56. The van der Waals surface area contributed by atoms with Gasteiger partial charge in [-0.1, -0.05) is 11.6 Å². The zero-order valence-electron chi connectivity index (χ0n) is 12.2. The Kier molecular flexibility index (Phi) is 2.98. The van der Waals surface area contributed by atoms with E-state index in [9.17, 15) is 0 Å². The van der Waals surface area contributed by atoms with E-state index in [-0.39, 0.29) is 5.84 Å². The van der Waals surface area contributed by atoms with Crippen molar-refractivity contribution in [2.24, 2.45) is 5.73 Å². The van der Waals surface area contributed by atoms with Crippen LogP contribution in [0.3, 0.4) is 0 Å². The smallest absolute Gasteiger partial charge is 0.123 e. The fourth-order valence-electron chi connectivity index (χ4n) is 3.14. The molecule has 104 valence electrons. The zero-order valence-corrected chi connectivity index (χ0v) is 12.2. The third-order valence-electron chi connectivity index (χ3n) is 4.04. The van der Waals surface area contributed by atoms with Gasteiger partial charge >= 0.3 is 0 Å². The van der Waals surface area contributed by atoms with Gasteiger partial charge in [0.05, 0.1) is 5.52 Å². The molecule has 0 amide bonds. The molecule has 2 aromatic rings. The van der Waals surface area contributed by atoms with Gasteiger partial charge in [-0.25, -0.2) is 0 Å². The van der Waals surface area contributed by atoms with Gasteiger partial charge in [0.1, 0.15) is 5.84 Å². The molecule has 0 fully saturated rings.